The van der Waals surface area contributed by atoms with E-state index in [1.54, 1.807) is 38.1 Å². The summed E-state index contributed by atoms with van der Waals surface area (Å²) in [5, 5.41) is 0. The van der Waals surface area contributed by atoms with Crippen molar-refractivity contribution in [2.45, 2.75) is 25.1 Å². The van der Waals surface area contributed by atoms with Crippen molar-refractivity contribution < 1.29 is 26.3 Å². The first-order valence-electron chi connectivity index (χ1n) is 8.45. The summed E-state index contributed by atoms with van der Waals surface area (Å²) in [5.41, 5.74) is 2.30. The first kappa shape index (κ1) is 20.6. The Morgan fingerprint density at radius 2 is 1.24 bits per heavy atom. The molecule has 29 heavy (non-hydrogen) atoms. The highest BCUT2D eigenvalue weighted by molar-refractivity contribution is 7.90. The minimum Gasteiger partial charge on any atom is -0.406 e. The van der Waals surface area contributed by atoms with Crippen molar-refractivity contribution in [3.63, 3.8) is 0 Å². The van der Waals surface area contributed by atoms with Crippen LogP contribution in [-0.2, 0) is 10.0 Å². The zero-order chi connectivity index (χ0) is 21.2. The third-order valence-electron chi connectivity index (χ3n) is 4.04. The van der Waals surface area contributed by atoms with Crippen LogP contribution < -0.4 is 4.74 Å². The molecule has 0 bridgehead atoms. The first-order valence-corrected chi connectivity index (χ1v) is 9.89. The standard InChI is InChI=1S/C21H16F3NO3S/c1-15-3-4-16(2)25(15)29(26,27)20-13-9-18(10-14-20)6-5-17-7-11-19(12-8-17)28-21(22,23)24/h3-4,7-14H,1-2H3. The van der Waals surface area contributed by atoms with E-state index < -0.39 is 16.4 Å². The molecule has 0 aliphatic carbocycles. The van der Waals surface area contributed by atoms with Crippen LogP contribution in [0.15, 0.2) is 65.6 Å². The monoisotopic (exact) mass is 419 g/mol. The molecule has 0 aliphatic heterocycles. The number of hydrogen-bond donors (Lipinski definition) is 0. The predicted molar refractivity (Wildman–Crippen MR) is 102 cm³/mol. The third-order valence-corrected chi connectivity index (χ3v) is 5.96. The van der Waals surface area contributed by atoms with Crippen molar-refractivity contribution >= 4 is 10.0 Å². The molecular weight excluding hydrogens is 403 g/mol. The largest absolute Gasteiger partial charge is 0.573 e. The molecule has 0 unspecified atom stereocenters. The molecule has 2 aromatic carbocycles. The average molecular weight is 419 g/mol. The van der Waals surface area contributed by atoms with Gasteiger partial charge in [-0.2, -0.15) is 0 Å². The van der Waals surface area contributed by atoms with Gasteiger partial charge >= 0.3 is 6.36 Å². The highest BCUT2D eigenvalue weighted by Gasteiger charge is 2.30. The van der Waals surface area contributed by atoms with Gasteiger partial charge in [-0.3, -0.25) is 0 Å². The van der Waals surface area contributed by atoms with Crippen molar-refractivity contribution in [2.75, 3.05) is 0 Å². The molecule has 4 nitrogen and oxygen atoms in total. The summed E-state index contributed by atoms with van der Waals surface area (Å²) < 4.78 is 67.2. The summed E-state index contributed by atoms with van der Waals surface area (Å²) in [6.07, 6.45) is -4.74. The van der Waals surface area contributed by atoms with Crippen LogP contribution in [0, 0.1) is 25.7 Å². The lowest BCUT2D eigenvalue weighted by Gasteiger charge is -2.10. The Kier molecular flexibility index (Phi) is 5.44. The molecule has 0 atom stereocenters. The lowest BCUT2D eigenvalue weighted by atomic mass is 10.2. The predicted octanol–water partition coefficient (Wildman–Crippen LogP) is 4.64. The van der Waals surface area contributed by atoms with Crippen LogP contribution in [-0.4, -0.2) is 18.8 Å². The molecule has 0 spiro atoms. The van der Waals surface area contributed by atoms with Crippen molar-refractivity contribution in [1.29, 1.82) is 0 Å². The Labute approximate surface area is 166 Å². The van der Waals surface area contributed by atoms with E-state index in [1.165, 1.54) is 40.4 Å². The van der Waals surface area contributed by atoms with Crippen molar-refractivity contribution in [2.24, 2.45) is 0 Å². The quantitative estimate of drug-likeness (QED) is 0.581. The Hall–Kier alpha value is -3.18. The van der Waals surface area contributed by atoms with Gasteiger partial charge in [-0.25, -0.2) is 12.4 Å². The van der Waals surface area contributed by atoms with Gasteiger partial charge in [-0.05, 0) is 74.5 Å². The second-order valence-electron chi connectivity index (χ2n) is 6.23. The molecule has 0 radical (unpaired) electrons. The Morgan fingerprint density at radius 3 is 1.69 bits per heavy atom. The summed E-state index contributed by atoms with van der Waals surface area (Å²) in [7, 11) is -3.70. The average Bonchev–Trinajstić information content (AvgIpc) is 2.99. The normalized spacial score (nSPS) is 11.6. The molecule has 0 N–H and O–H groups in total. The van der Waals surface area contributed by atoms with Crippen molar-refractivity contribution in [1.82, 2.24) is 3.97 Å². The molecule has 1 aromatic heterocycles. The summed E-state index contributed by atoms with van der Waals surface area (Å²) in [6, 6.07) is 14.7. The van der Waals surface area contributed by atoms with Gasteiger partial charge in [0.05, 0.1) is 4.90 Å². The fraction of sp³-hybridized carbons (Fsp3) is 0.143. The number of halogens is 3. The number of aromatic nitrogens is 1. The van der Waals surface area contributed by atoms with Crippen LogP contribution in [0.4, 0.5) is 13.2 Å². The van der Waals surface area contributed by atoms with Crippen LogP contribution in [0.25, 0.3) is 0 Å². The van der Waals surface area contributed by atoms with E-state index in [0.717, 1.165) is 0 Å². The van der Waals surface area contributed by atoms with Gasteiger partial charge in [-0.1, -0.05) is 11.8 Å². The van der Waals surface area contributed by atoms with E-state index in [9.17, 15) is 21.6 Å². The minimum absolute atomic E-state index is 0.138. The van der Waals surface area contributed by atoms with E-state index in [2.05, 4.69) is 16.6 Å². The van der Waals surface area contributed by atoms with Gasteiger partial charge in [0, 0.05) is 22.5 Å². The van der Waals surface area contributed by atoms with Crippen LogP contribution >= 0.6 is 0 Å². The summed E-state index contributed by atoms with van der Waals surface area (Å²) in [6.45, 7) is 3.44. The van der Waals surface area contributed by atoms with E-state index >= 15 is 0 Å². The molecule has 0 fully saturated rings. The fourth-order valence-corrected chi connectivity index (χ4v) is 4.30. The van der Waals surface area contributed by atoms with E-state index in [-0.39, 0.29) is 10.6 Å². The van der Waals surface area contributed by atoms with Gasteiger partial charge in [0.2, 0.25) is 0 Å². The van der Waals surface area contributed by atoms with E-state index in [4.69, 9.17) is 0 Å². The lowest BCUT2D eigenvalue weighted by Crippen LogP contribution is -2.16. The minimum atomic E-state index is -4.74. The Balaban J connectivity index is 1.79. The van der Waals surface area contributed by atoms with Crippen LogP contribution in [0.5, 0.6) is 5.75 Å². The maximum absolute atomic E-state index is 12.8. The molecule has 150 valence electrons. The fourth-order valence-electron chi connectivity index (χ4n) is 2.73. The van der Waals surface area contributed by atoms with Gasteiger partial charge in [-0.15, -0.1) is 13.2 Å². The number of nitrogens with zero attached hydrogens (tertiary/aromatic N) is 1. The van der Waals surface area contributed by atoms with E-state index in [0.29, 0.717) is 22.5 Å². The molecule has 3 rings (SSSR count). The van der Waals surface area contributed by atoms with Gasteiger partial charge in [0.1, 0.15) is 5.75 Å². The smallest absolute Gasteiger partial charge is 0.406 e. The second kappa shape index (κ2) is 7.68. The number of ether oxygens (including phenoxy) is 1. The van der Waals surface area contributed by atoms with Crippen molar-refractivity contribution in [3.8, 4) is 17.6 Å². The van der Waals surface area contributed by atoms with Gasteiger partial charge in [0.25, 0.3) is 10.0 Å². The summed E-state index contributed by atoms with van der Waals surface area (Å²) in [4.78, 5) is 0.138. The van der Waals surface area contributed by atoms with Gasteiger partial charge < -0.3 is 4.74 Å². The molecule has 0 saturated carbocycles. The van der Waals surface area contributed by atoms with Crippen molar-refractivity contribution in [3.05, 3.63) is 83.2 Å². The molecule has 0 saturated heterocycles. The molecule has 0 aliphatic rings. The molecular formula is C21H16F3NO3S. The van der Waals surface area contributed by atoms with Crippen LogP contribution in [0.1, 0.15) is 22.5 Å². The highest BCUT2D eigenvalue weighted by atomic mass is 32.2. The second-order valence-corrected chi connectivity index (χ2v) is 8.02. The maximum atomic E-state index is 12.8. The molecule has 8 heteroatoms. The first-order chi connectivity index (χ1) is 13.6. The zero-order valence-corrected chi connectivity index (χ0v) is 16.3. The van der Waals surface area contributed by atoms with Gasteiger partial charge in [0.15, 0.2) is 0 Å². The topological polar surface area (TPSA) is 48.3 Å². The van der Waals surface area contributed by atoms with E-state index in [1.807, 2.05) is 0 Å². The highest BCUT2D eigenvalue weighted by Crippen LogP contribution is 2.23. The number of rotatable bonds is 3. The number of aryl methyl sites for hydroxylation is 2. The maximum Gasteiger partial charge on any atom is 0.573 e. The molecule has 0 amide bonds. The zero-order valence-electron chi connectivity index (χ0n) is 15.5. The Morgan fingerprint density at radius 1 is 0.793 bits per heavy atom. The summed E-state index contributed by atoms with van der Waals surface area (Å²) >= 11 is 0. The number of hydrogen-bond acceptors (Lipinski definition) is 3. The molecule has 3 aromatic rings. The van der Waals surface area contributed by atoms with Crippen LogP contribution in [0.2, 0.25) is 0 Å². The third kappa shape index (κ3) is 4.81. The number of benzene rings is 2. The number of alkyl halides is 3. The molecule has 1 heterocycles. The Bertz CT molecular complexity index is 1160. The SMILES string of the molecule is Cc1ccc(C)n1S(=O)(=O)c1ccc(C#Cc2ccc(OC(F)(F)F)cc2)cc1. The summed E-state index contributed by atoms with van der Waals surface area (Å²) in [5.74, 6) is 5.34. The lowest BCUT2D eigenvalue weighted by molar-refractivity contribution is -0.274. The van der Waals surface area contributed by atoms with Crippen LogP contribution in [0.3, 0.4) is 0 Å².